The van der Waals surface area contributed by atoms with Crippen LogP contribution in [0.15, 0.2) is 36.5 Å². The van der Waals surface area contributed by atoms with Crippen molar-refractivity contribution in [3.63, 3.8) is 0 Å². The number of hydrogen-bond donors (Lipinski definition) is 1. The number of benzene rings is 1. The Bertz CT molecular complexity index is 564. The minimum atomic E-state index is -0.180. The number of piperidine rings is 1. The maximum absolute atomic E-state index is 9.79. The molecule has 0 bridgehead atoms. The molecular weight excluding hydrogens is 250 g/mol. The van der Waals surface area contributed by atoms with Gasteiger partial charge in [-0.15, -0.1) is 0 Å². The third-order valence-corrected chi connectivity index (χ3v) is 3.83. The van der Waals surface area contributed by atoms with Gasteiger partial charge in [-0.1, -0.05) is 30.3 Å². The van der Waals surface area contributed by atoms with Crippen LogP contribution in [-0.2, 0) is 13.6 Å². The molecule has 2 heterocycles. The van der Waals surface area contributed by atoms with E-state index in [0.29, 0.717) is 0 Å². The topological polar surface area (TPSA) is 41.3 Å². The van der Waals surface area contributed by atoms with Crippen molar-refractivity contribution in [1.29, 1.82) is 0 Å². The fourth-order valence-corrected chi connectivity index (χ4v) is 2.91. The van der Waals surface area contributed by atoms with Crippen molar-refractivity contribution in [3.05, 3.63) is 42.1 Å². The summed E-state index contributed by atoms with van der Waals surface area (Å²) in [6, 6.07) is 10.3. The van der Waals surface area contributed by atoms with E-state index in [9.17, 15) is 5.11 Å². The predicted molar refractivity (Wildman–Crippen MR) is 79.2 cm³/mol. The lowest BCUT2D eigenvalue weighted by Crippen LogP contribution is -2.37. The molecule has 1 unspecified atom stereocenters. The number of rotatable bonds is 3. The second-order valence-electron chi connectivity index (χ2n) is 5.57. The van der Waals surface area contributed by atoms with E-state index in [-0.39, 0.29) is 6.10 Å². The molecule has 1 atom stereocenters. The van der Waals surface area contributed by atoms with Gasteiger partial charge in [-0.2, -0.15) is 5.10 Å². The molecule has 0 radical (unpaired) electrons. The van der Waals surface area contributed by atoms with Crippen LogP contribution in [0, 0.1) is 0 Å². The highest BCUT2D eigenvalue weighted by atomic mass is 16.3. The van der Waals surface area contributed by atoms with Gasteiger partial charge in [0, 0.05) is 37.5 Å². The Morgan fingerprint density at radius 2 is 2.10 bits per heavy atom. The molecule has 0 spiro atoms. The van der Waals surface area contributed by atoms with Crippen molar-refractivity contribution in [2.45, 2.75) is 25.5 Å². The van der Waals surface area contributed by atoms with E-state index in [1.165, 1.54) is 5.56 Å². The lowest BCUT2D eigenvalue weighted by Gasteiger charge is -2.29. The van der Waals surface area contributed by atoms with Gasteiger partial charge in [-0.25, -0.2) is 0 Å². The Morgan fingerprint density at radius 1 is 1.30 bits per heavy atom. The number of aromatic nitrogens is 2. The van der Waals surface area contributed by atoms with Crippen LogP contribution in [0.3, 0.4) is 0 Å². The molecule has 106 valence electrons. The zero-order valence-corrected chi connectivity index (χ0v) is 11.9. The Hall–Kier alpha value is -1.65. The smallest absolute Gasteiger partial charge is 0.0968 e. The first-order valence-electron chi connectivity index (χ1n) is 7.21. The van der Waals surface area contributed by atoms with Gasteiger partial charge in [0.2, 0.25) is 0 Å². The van der Waals surface area contributed by atoms with Crippen molar-refractivity contribution in [1.82, 2.24) is 14.7 Å². The van der Waals surface area contributed by atoms with Crippen molar-refractivity contribution >= 4 is 0 Å². The summed E-state index contributed by atoms with van der Waals surface area (Å²) in [7, 11) is 1.96. The van der Waals surface area contributed by atoms with E-state index in [0.717, 1.165) is 43.7 Å². The van der Waals surface area contributed by atoms with Gasteiger partial charge < -0.3 is 5.11 Å². The first-order valence-corrected chi connectivity index (χ1v) is 7.21. The van der Waals surface area contributed by atoms with E-state index in [1.807, 2.05) is 29.9 Å². The van der Waals surface area contributed by atoms with E-state index in [1.54, 1.807) is 0 Å². The van der Waals surface area contributed by atoms with E-state index >= 15 is 0 Å². The predicted octanol–water partition coefficient (Wildman–Crippen LogP) is 2.04. The first kappa shape index (κ1) is 13.3. The van der Waals surface area contributed by atoms with E-state index in [2.05, 4.69) is 28.3 Å². The van der Waals surface area contributed by atoms with Crippen molar-refractivity contribution in [2.75, 3.05) is 13.1 Å². The number of likely N-dealkylation sites (tertiary alicyclic amines) is 1. The third kappa shape index (κ3) is 2.92. The molecule has 20 heavy (non-hydrogen) atoms. The minimum Gasteiger partial charge on any atom is -0.392 e. The lowest BCUT2D eigenvalue weighted by atomic mass is 10.1. The zero-order valence-electron chi connectivity index (χ0n) is 11.9. The summed E-state index contributed by atoms with van der Waals surface area (Å²) in [4.78, 5) is 2.32. The number of aliphatic hydroxyl groups is 1. The van der Waals surface area contributed by atoms with Gasteiger partial charge in [0.25, 0.3) is 0 Å². The molecule has 1 aromatic carbocycles. The Balaban J connectivity index is 1.83. The van der Waals surface area contributed by atoms with Crippen LogP contribution < -0.4 is 0 Å². The Morgan fingerprint density at radius 3 is 2.85 bits per heavy atom. The summed E-state index contributed by atoms with van der Waals surface area (Å²) in [6.45, 7) is 2.68. The normalized spacial score (nSPS) is 20.2. The van der Waals surface area contributed by atoms with E-state index < -0.39 is 0 Å². The number of β-amino-alcohol motifs (C(OH)–C–C–N with tert-alkyl or cyclic N) is 1. The van der Waals surface area contributed by atoms with Crippen LogP contribution in [0.2, 0.25) is 0 Å². The standard InChI is InChI=1S/C16H21N3O/c1-18-10-14(11-19-9-5-8-15(20)12-19)16(17-18)13-6-3-2-4-7-13/h2-4,6-7,10,15,20H,5,8-9,11-12H2,1H3. The second kappa shape index (κ2) is 5.77. The lowest BCUT2D eigenvalue weighted by molar-refractivity contribution is 0.0669. The molecule has 3 rings (SSSR count). The highest BCUT2D eigenvalue weighted by Gasteiger charge is 2.20. The maximum atomic E-state index is 9.79. The van der Waals surface area contributed by atoms with Gasteiger partial charge in [-0.3, -0.25) is 9.58 Å². The maximum Gasteiger partial charge on any atom is 0.0968 e. The largest absolute Gasteiger partial charge is 0.392 e. The molecule has 0 amide bonds. The molecule has 1 N–H and O–H groups in total. The average molecular weight is 271 g/mol. The van der Waals surface area contributed by atoms with Gasteiger partial charge in [0.1, 0.15) is 0 Å². The molecule has 4 heteroatoms. The molecule has 1 aliphatic heterocycles. The van der Waals surface area contributed by atoms with Crippen LogP contribution in [0.5, 0.6) is 0 Å². The fourth-order valence-electron chi connectivity index (χ4n) is 2.91. The Labute approximate surface area is 119 Å². The van der Waals surface area contributed by atoms with Crippen LogP contribution in [-0.4, -0.2) is 39.0 Å². The van der Waals surface area contributed by atoms with Crippen molar-refractivity contribution in [3.8, 4) is 11.3 Å². The number of aryl methyl sites for hydroxylation is 1. The molecule has 0 saturated carbocycles. The molecule has 1 fully saturated rings. The van der Waals surface area contributed by atoms with Crippen LogP contribution in [0.25, 0.3) is 11.3 Å². The van der Waals surface area contributed by atoms with Crippen LogP contribution in [0.4, 0.5) is 0 Å². The average Bonchev–Trinajstić information content (AvgIpc) is 2.80. The molecule has 2 aromatic rings. The van der Waals surface area contributed by atoms with Crippen LogP contribution >= 0.6 is 0 Å². The van der Waals surface area contributed by atoms with E-state index in [4.69, 9.17) is 0 Å². The monoisotopic (exact) mass is 271 g/mol. The summed E-state index contributed by atoms with van der Waals surface area (Å²) in [5.41, 5.74) is 3.43. The molecule has 1 aromatic heterocycles. The highest BCUT2D eigenvalue weighted by molar-refractivity contribution is 5.62. The highest BCUT2D eigenvalue weighted by Crippen LogP contribution is 2.24. The van der Waals surface area contributed by atoms with Gasteiger partial charge >= 0.3 is 0 Å². The zero-order chi connectivity index (χ0) is 13.9. The Kier molecular flexibility index (Phi) is 3.85. The molecule has 4 nitrogen and oxygen atoms in total. The second-order valence-corrected chi connectivity index (χ2v) is 5.57. The molecule has 1 saturated heterocycles. The SMILES string of the molecule is Cn1cc(CN2CCCC(O)C2)c(-c2ccccc2)n1. The molecule has 0 aliphatic carbocycles. The summed E-state index contributed by atoms with van der Waals surface area (Å²) < 4.78 is 1.87. The van der Waals surface area contributed by atoms with Crippen LogP contribution in [0.1, 0.15) is 18.4 Å². The van der Waals surface area contributed by atoms with Gasteiger partial charge in [-0.05, 0) is 19.4 Å². The number of nitrogens with zero attached hydrogens (tertiary/aromatic N) is 3. The van der Waals surface area contributed by atoms with Crippen molar-refractivity contribution in [2.24, 2.45) is 7.05 Å². The summed E-state index contributed by atoms with van der Waals surface area (Å²) in [5, 5.41) is 14.4. The summed E-state index contributed by atoms with van der Waals surface area (Å²) in [5.74, 6) is 0. The van der Waals surface area contributed by atoms with Gasteiger partial charge in [0.15, 0.2) is 0 Å². The minimum absolute atomic E-state index is 0.180. The number of hydrogen-bond acceptors (Lipinski definition) is 3. The third-order valence-electron chi connectivity index (χ3n) is 3.83. The summed E-state index contributed by atoms with van der Waals surface area (Å²) in [6.07, 6.45) is 3.90. The van der Waals surface area contributed by atoms with Crippen molar-refractivity contribution < 1.29 is 5.11 Å². The summed E-state index contributed by atoms with van der Waals surface area (Å²) >= 11 is 0. The first-order chi connectivity index (χ1) is 9.72. The molecular formula is C16H21N3O. The fraction of sp³-hybridized carbons (Fsp3) is 0.438. The quantitative estimate of drug-likeness (QED) is 0.929. The molecule has 1 aliphatic rings. The number of aliphatic hydroxyl groups excluding tert-OH is 1. The van der Waals surface area contributed by atoms with Gasteiger partial charge in [0.05, 0.1) is 11.8 Å².